The molecule has 0 saturated heterocycles. The molecule has 2 atom stereocenters. The van der Waals surface area contributed by atoms with E-state index in [-0.39, 0.29) is 5.41 Å². The van der Waals surface area contributed by atoms with Crippen molar-refractivity contribution in [2.75, 3.05) is 13.2 Å². The molecular weight excluding hydrogens is 188 g/mol. The Hall–Kier alpha value is -0.0800. The van der Waals surface area contributed by atoms with Crippen LogP contribution in [0.15, 0.2) is 0 Å². The Bertz CT molecular complexity index is 201. The molecule has 1 aliphatic rings. The third kappa shape index (κ3) is 4.12. The van der Waals surface area contributed by atoms with E-state index in [2.05, 4.69) is 27.7 Å². The molecule has 15 heavy (non-hydrogen) atoms. The lowest BCUT2D eigenvalue weighted by Crippen LogP contribution is -2.45. The maximum absolute atomic E-state index is 10.5. The van der Waals surface area contributed by atoms with Gasteiger partial charge < -0.3 is 9.84 Å². The number of ether oxygens (including phenoxy) is 1. The molecule has 0 heterocycles. The Morgan fingerprint density at radius 1 is 1.33 bits per heavy atom. The molecule has 0 spiro atoms. The van der Waals surface area contributed by atoms with Gasteiger partial charge in [-0.05, 0) is 37.0 Å². The molecule has 1 rings (SSSR count). The molecular formula is C13H26O2. The third-order valence-electron chi connectivity index (χ3n) is 3.16. The van der Waals surface area contributed by atoms with Crippen molar-refractivity contribution < 1.29 is 9.84 Å². The molecule has 90 valence electrons. The second-order valence-electron chi connectivity index (χ2n) is 6.13. The minimum absolute atomic E-state index is 0.252. The van der Waals surface area contributed by atoms with Crippen LogP contribution in [0.5, 0.6) is 0 Å². The van der Waals surface area contributed by atoms with Gasteiger partial charge in [0.2, 0.25) is 0 Å². The smallest absolute Gasteiger partial charge is 0.0887 e. The summed E-state index contributed by atoms with van der Waals surface area (Å²) in [5.41, 5.74) is -0.335. The summed E-state index contributed by atoms with van der Waals surface area (Å²) >= 11 is 0. The first-order valence-electron chi connectivity index (χ1n) is 6.17. The van der Waals surface area contributed by atoms with Crippen LogP contribution in [0.3, 0.4) is 0 Å². The molecule has 2 nitrogen and oxygen atoms in total. The maximum atomic E-state index is 10.5. The standard InChI is InChI=1S/C13H26O2/c1-5-6-15-10-13(14)8-11(2)7-12(3,4)9-13/h11,14H,5-10H2,1-4H3. The van der Waals surface area contributed by atoms with E-state index in [1.54, 1.807) is 0 Å². The lowest BCUT2D eigenvalue weighted by Gasteiger charge is -2.44. The average molecular weight is 214 g/mol. The molecule has 0 bridgehead atoms. The van der Waals surface area contributed by atoms with Gasteiger partial charge in [-0.2, -0.15) is 0 Å². The van der Waals surface area contributed by atoms with Gasteiger partial charge >= 0.3 is 0 Å². The van der Waals surface area contributed by atoms with Crippen LogP contribution in [-0.4, -0.2) is 23.9 Å². The molecule has 1 N–H and O–H groups in total. The first-order chi connectivity index (χ1) is 6.87. The van der Waals surface area contributed by atoms with Crippen LogP contribution in [0.1, 0.15) is 53.4 Å². The quantitative estimate of drug-likeness (QED) is 0.729. The van der Waals surface area contributed by atoms with Crippen LogP contribution in [-0.2, 0) is 4.74 Å². The summed E-state index contributed by atoms with van der Waals surface area (Å²) in [6.07, 6.45) is 3.99. The van der Waals surface area contributed by atoms with E-state index in [1.165, 1.54) is 6.42 Å². The van der Waals surface area contributed by atoms with Crippen LogP contribution in [0.2, 0.25) is 0 Å². The van der Waals surface area contributed by atoms with Crippen molar-refractivity contribution in [3.63, 3.8) is 0 Å². The molecule has 1 fully saturated rings. The second kappa shape index (κ2) is 4.84. The van der Waals surface area contributed by atoms with Crippen LogP contribution in [0.25, 0.3) is 0 Å². The predicted molar refractivity (Wildman–Crippen MR) is 62.9 cm³/mol. The van der Waals surface area contributed by atoms with Crippen LogP contribution >= 0.6 is 0 Å². The second-order valence-corrected chi connectivity index (χ2v) is 6.13. The minimum atomic E-state index is -0.587. The van der Waals surface area contributed by atoms with E-state index in [9.17, 15) is 5.11 Å². The van der Waals surface area contributed by atoms with Crippen LogP contribution in [0.4, 0.5) is 0 Å². The highest BCUT2D eigenvalue weighted by Gasteiger charge is 2.41. The summed E-state index contributed by atoms with van der Waals surface area (Å²) in [4.78, 5) is 0. The highest BCUT2D eigenvalue weighted by molar-refractivity contribution is 4.93. The topological polar surface area (TPSA) is 29.5 Å². The average Bonchev–Trinajstić information content (AvgIpc) is 1.98. The van der Waals surface area contributed by atoms with Gasteiger partial charge in [0.15, 0.2) is 0 Å². The van der Waals surface area contributed by atoms with E-state index in [1.807, 2.05) is 0 Å². The fourth-order valence-corrected chi connectivity index (χ4v) is 3.22. The molecule has 0 radical (unpaired) electrons. The minimum Gasteiger partial charge on any atom is -0.387 e. The van der Waals surface area contributed by atoms with Gasteiger partial charge in [-0.15, -0.1) is 0 Å². The van der Waals surface area contributed by atoms with E-state index in [4.69, 9.17) is 4.74 Å². The SMILES string of the molecule is CCCOCC1(O)CC(C)CC(C)(C)C1. The Morgan fingerprint density at radius 2 is 2.00 bits per heavy atom. The van der Waals surface area contributed by atoms with Crippen molar-refractivity contribution in [2.45, 2.75) is 59.0 Å². The monoisotopic (exact) mass is 214 g/mol. The normalized spacial score (nSPS) is 35.4. The first-order valence-corrected chi connectivity index (χ1v) is 6.17. The molecule has 0 aromatic carbocycles. The van der Waals surface area contributed by atoms with E-state index in [0.29, 0.717) is 12.5 Å². The highest BCUT2D eigenvalue weighted by atomic mass is 16.5. The molecule has 0 amide bonds. The van der Waals surface area contributed by atoms with Gasteiger partial charge in [-0.25, -0.2) is 0 Å². The zero-order valence-corrected chi connectivity index (χ0v) is 10.7. The zero-order chi connectivity index (χ0) is 11.5. The number of hydrogen-bond donors (Lipinski definition) is 1. The Kier molecular flexibility index (Phi) is 4.19. The van der Waals surface area contributed by atoms with Gasteiger partial charge in [0.1, 0.15) is 0 Å². The largest absolute Gasteiger partial charge is 0.387 e. The van der Waals surface area contributed by atoms with Gasteiger partial charge in [0.05, 0.1) is 12.2 Å². The fraction of sp³-hybridized carbons (Fsp3) is 1.00. The summed E-state index contributed by atoms with van der Waals surface area (Å²) in [5, 5.41) is 10.5. The summed E-state index contributed by atoms with van der Waals surface area (Å²) in [7, 11) is 0. The Morgan fingerprint density at radius 3 is 2.53 bits per heavy atom. The summed E-state index contributed by atoms with van der Waals surface area (Å²) in [5.74, 6) is 0.601. The first kappa shape index (κ1) is 13.0. The highest BCUT2D eigenvalue weighted by Crippen LogP contribution is 2.43. The van der Waals surface area contributed by atoms with E-state index in [0.717, 1.165) is 25.9 Å². The van der Waals surface area contributed by atoms with E-state index >= 15 is 0 Å². The molecule has 1 aliphatic carbocycles. The van der Waals surface area contributed by atoms with Crippen molar-refractivity contribution in [2.24, 2.45) is 11.3 Å². The summed E-state index contributed by atoms with van der Waals surface area (Å²) < 4.78 is 5.52. The molecule has 0 aliphatic heterocycles. The van der Waals surface area contributed by atoms with Crippen LogP contribution in [0, 0.1) is 11.3 Å². The Labute approximate surface area is 94.0 Å². The van der Waals surface area contributed by atoms with Gasteiger partial charge in [0, 0.05) is 6.61 Å². The van der Waals surface area contributed by atoms with Crippen molar-refractivity contribution in [1.82, 2.24) is 0 Å². The van der Waals surface area contributed by atoms with Crippen molar-refractivity contribution >= 4 is 0 Å². The van der Waals surface area contributed by atoms with Crippen molar-refractivity contribution in [3.8, 4) is 0 Å². The number of aliphatic hydroxyl groups is 1. The van der Waals surface area contributed by atoms with Gasteiger partial charge in [-0.3, -0.25) is 0 Å². The summed E-state index contributed by atoms with van der Waals surface area (Å²) in [6.45, 7) is 10.1. The van der Waals surface area contributed by atoms with Gasteiger partial charge in [-0.1, -0.05) is 27.7 Å². The lowest BCUT2D eigenvalue weighted by atomic mass is 9.66. The maximum Gasteiger partial charge on any atom is 0.0887 e. The predicted octanol–water partition coefficient (Wildman–Crippen LogP) is 2.99. The van der Waals surface area contributed by atoms with Crippen LogP contribution < -0.4 is 0 Å². The lowest BCUT2D eigenvalue weighted by molar-refractivity contribution is -0.107. The Balaban J connectivity index is 2.51. The van der Waals surface area contributed by atoms with Crippen molar-refractivity contribution in [3.05, 3.63) is 0 Å². The third-order valence-corrected chi connectivity index (χ3v) is 3.16. The van der Waals surface area contributed by atoms with E-state index < -0.39 is 5.60 Å². The zero-order valence-electron chi connectivity index (χ0n) is 10.7. The molecule has 0 aromatic heterocycles. The molecule has 1 saturated carbocycles. The van der Waals surface area contributed by atoms with Crippen molar-refractivity contribution in [1.29, 1.82) is 0 Å². The number of hydrogen-bond acceptors (Lipinski definition) is 2. The molecule has 2 unspecified atom stereocenters. The van der Waals surface area contributed by atoms with Gasteiger partial charge in [0.25, 0.3) is 0 Å². The fourth-order valence-electron chi connectivity index (χ4n) is 3.22. The molecule has 2 heteroatoms. The number of rotatable bonds is 4. The molecule has 0 aromatic rings. The summed E-state index contributed by atoms with van der Waals surface area (Å²) in [6, 6.07) is 0.